The maximum atomic E-state index is 5.62. The summed E-state index contributed by atoms with van der Waals surface area (Å²) in [6.45, 7) is 18.6. The summed E-state index contributed by atoms with van der Waals surface area (Å²) in [4.78, 5) is 0. The van der Waals surface area contributed by atoms with Crippen LogP contribution in [0.25, 0.3) is 10.8 Å². The van der Waals surface area contributed by atoms with Gasteiger partial charge in [-0.2, -0.15) is 0 Å². The normalized spacial score (nSPS) is 9.05. The Morgan fingerprint density at radius 2 is 1.14 bits per heavy atom. The molecule has 0 heterocycles. The molecule has 2 aromatic rings. The number of ether oxygens (including phenoxy) is 1. The predicted octanol–water partition coefficient (Wildman–Crippen LogP) is 7.34. The molecular formula is C21H36O. The SMILES string of the molecule is CC.CC.CC(C)C.CC(C)Oc1ccc2ccccc2c1. The molecule has 0 fully saturated rings. The first-order valence-corrected chi connectivity index (χ1v) is 8.64. The van der Waals surface area contributed by atoms with Gasteiger partial charge in [-0.15, -0.1) is 0 Å². The van der Waals surface area contributed by atoms with Gasteiger partial charge in [0.1, 0.15) is 5.75 Å². The molecule has 126 valence electrons. The molecule has 0 aliphatic heterocycles. The van der Waals surface area contributed by atoms with Crippen LogP contribution in [0.4, 0.5) is 0 Å². The molecule has 0 N–H and O–H groups in total. The Morgan fingerprint density at radius 3 is 1.59 bits per heavy atom. The second-order valence-electron chi connectivity index (χ2n) is 5.41. The predicted molar refractivity (Wildman–Crippen MR) is 103 cm³/mol. The summed E-state index contributed by atoms with van der Waals surface area (Å²) in [5, 5.41) is 2.48. The monoisotopic (exact) mass is 304 g/mol. The molecule has 1 nitrogen and oxygen atoms in total. The van der Waals surface area contributed by atoms with Crippen molar-refractivity contribution in [3.63, 3.8) is 0 Å². The van der Waals surface area contributed by atoms with Crippen LogP contribution in [0, 0.1) is 5.92 Å². The maximum Gasteiger partial charge on any atom is 0.120 e. The minimum absolute atomic E-state index is 0.233. The molecule has 0 radical (unpaired) electrons. The van der Waals surface area contributed by atoms with Gasteiger partial charge in [0.25, 0.3) is 0 Å². The van der Waals surface area contributed by atoms with Crippen LogP contribution in [0.2, 0.25) is 0 Å². The summed E-state index contributed by atoms with van der Waals surface area (Å²) in [6.07, 6.45) is 0.233. The number of hydrogen-bond donors (Lipinski definition) is 0. The first-order valence-electron chi connectivity index (χ1n) is 8.64. The Balaban J connectivity index is 0. The lowest BCUT2D eigenvalue weighted by Gasteiger charge is -2.09. The topological polar surface area (TPSA) is 9.23 Å². The van der Waals surface area contributed by atoms with Crippen molar-refractivity contribution in [3.05, 3.63) is 42.5 Å². The molecule has 1 heteroatoms. The molecule has 0 amide bonds. The van der Waals surface area contributed by atoms with Crippen LogP contribution in [0.15, 0.2) is 42.5 Å². The molecule has 0 aliphatic carbocycles. The van der Waals surface area contributed by atoms with Crippen molar-refractivity contribution in [2.75, 3.05) is 0 Å². The van der Waals surface area contributed by atoms with Crippen molar-refractivity contribution in [1.82, 2.24) is 0 Å². The van der Waals surface area contributed by atoms with Crippen LogP contribution in [0.5, 0.6) is 5.75 Å². The highest BCUT2D eigenvalue weighted by Crippen LogP contribution is 2.21. The van der Waals surface area contributed by atoms with E-state index in [0.717, 1.165) is 11.7 Å². The fourth-order valence-corrected chi connectivity index (χ4v) is 1.51. The number of rotatable bonds is 2. The van der Waals surface area contributed by atoms with Gasteiger partial charge >= 0.3 is 0 Å². The van der Waals surface area contributed by atoms with E-state index in [1.54, 1.807) is 0 Å². The van der Waals surface area contributed by atoms with Gasteiger partial charge in [0.15, 0.2) is 0 Å². The quantitative estimate of drug-likeness (QED) is 0.564. The van der Waals surface area contributed by atoms with E-state index in [0.29, 0.717) is 0 Å². The van der Waals surface area contributed by atoms with E-state index in [2.05, 4.69) is 45.0 Å². The molecule has 0 saturated carbocycles. The van der Waals surface area contributed by atoms with Gasteiger partial charge in [0, 0.05) is 0 Å². The lowest BCUT2D eigenvalue weighted by molar-refractivity contribution is 0.243. The Morgan fingerprint density at radius 1 is 0.682 bits per heavy atom. The minimum atomic E-state index is 0.233. The van der Waals surface area contributed by atoms with Gasteiger partial charge in [0.2, 0.25) is 0 Å². The van der Waals surface area contributed by atoms with Gasteiger partial charge in [-0.05, 0) is 42.7 Å². The van der Waals surface area contributed by atoms with Crippen molar-refractivity contribution >= 4 is 10.8 Å². The summed E-state index contributed by atoms with van der Waals surface area (Å²) < 4.78 is 5.62. The third kappa shape index (κ3) is 11.2. The molecule has 0 atom stereocenters. The highest BCUT2D eigenvalue weighted by Gasteiger charge is 1.98. The molecule has 0 aromatic heterocycles. The molecular weight excluding hydrogens is 268 g/mol. The molecule has 0 bridgehead atoms. The Hall–Kier alpha value is -1.50. The van der Waals surface area contributed by atoms with Gasteiger partial charge in [-0.3, -0.25) is 0 Å². The van der Waals surface area contributed by atoms with Gasteiger partial charge in [-0.25, -0.2) is 0 Å². The average molecular weight is 305 g/mol. The maximum absolute atomic E-state index is 5.62. The van der Waals surface area contributed by atoms with E-state index < -0.39 is 0 Å². The molecule has 22 heavy (non-hydrogen) atoms. The van der Waals surface area contributed by atoms with Crippen LogP contribution in [0.3, 0.4) is 0 Å². The van der Waals surface area contributed by atoms with E-state index in [9.17, 15) is 0 Å². The second kappa shape index (κ2) is 14.4. The fraction of sp³-hybridized carbons (Fsp3) is 0.524. The summed E-state index contributed by atoms with van der Waals surface area (Å²) >= 11 is 0. The molecule has 2 rings (SSSR count). The average Bonchev–Trinajstić information content (AvgIpc) is 2.50. The summed E-state index contributed by atoms with van der Waals surface area (Å²) in [7, 11) is 0. The lowest BCUT2D eigenvalue weighted by Crippen LogP contribution is -2.05. The van der Waals surface area contributed by atoms with Crippen LogP contribution >= 0.6 is 0 Å². The standard InChI is InChI=1S/C13H14O.C4H10.2C2H6/c1-10(2)14-13-8-7-11-5-3-4-6-12(11)9-13;1-4(2)3;2*1-2/h3-10H,1-2H3;4H,1-3H3;2*1-2H3. The van der Waals surface area contributed by atoms with Crippen molar-refractivity contribution < 1.29 is 4.74 Å². The lowest BCUT2D eigenvalue weighted by atomic mass is 10.1. The zero-order valence-electron chi connectivity index (χ0n) is 16.1. The van der Waals surface area contributed by atoms with Crippen LogP contribution in [0.1, 0.15) is 62.3 Å². The zero-order valence-corrected chi connectivity index (χ0v) is 16.1. The third-order valence-corrected chi connectivity index (χ3v) is 2.09. The molecule has 0 spiro atoms. The van der Waals surface area contributed by atoms with Crippen LogP contribution in [-0.2, 0) is 0 Å². The molecule has 0 unspecified atom stereocenters. The van der Waals surface area contributed by atoms with E-state index in [1.165, 1.54) is 10.8 Å². The first-order chi connectivity index (χ1) is 10.5. The highest BCUT2D eigenvalue weighted by atomic mass is 16.5. The number of fused-ring (bicyclic) bond motifs is 1. The van der Waals surface area contributed by atoms with Crippen LogP contribution < -0.4 is 4.74 Å². The summed E-state index contributed by atoms with van der Waals surface area (Å²) in [6, 6.07) is 14.5. The van der Waals surface area contributed by atoms with Crippen LogP contribution in [-0.4, -0.2) is 6.10 Å². The first kappa shape index (κ1) is 22.8. The van der Waals surface area contributed by atoms with Crippen molar-refractivity contribution in [2.24, 2.45) is 5.92 Å². The molecule has 2 aromatic carbocycles. The smallest absolute Gasteiger partial charge is 0.120 e. The van der Waals surface area contributed by atoms with Crippen molar-refractivity contribution in [1.29, 1.82) is 0 Å². The third-order valence-electron chi connectivity index (χ3n) is 2.09. The van der Waals surface area contributed by atoms with Gasteiger partial charge in [0.05, 0.1) is 6.10 Å². The zero-order chi connectivity index (χ0) is 17.5. The molecule has 0 saturated heterocycles. The Bertz CT molecular complexity index is 469. The molecule has 0 aliphatic rings. The number of benzene rings is 2. The van der Waals surface area contributed by atoms with Crippen molar-refractivity contribution in [3.8, 4) is 5.75 Å². The summed E-state index contributed by atoms with van der Waals surface area (Å²) in [5.41, 5.74) is 0. The Kier molecular flexibility index (Phi) is 14.9. The second-order valence-corrected chi connectivity index (χ2v) is 5.41. The Labute approximate surface area is 138 Å². The number of hydrogen-bond acceptors (Lipinski definition) is 1. The van der Waals surface area contributed by atoms with E-state index >= 15 is 0 Å². The highest BCUT2D eigenvalue weighted by molar-refractivity contribution is 5.83. The van der Waals surface area contributed by atoms with E-state index in [4.69, 9.17) is 4.74 Å². The fourth-order valence-electron chi connectivity index (χ4n) is 1.51. The van der Waals surface area contributed by atoms with E-state index in [-0.39, 0.29) is 6.10 Å². The van der Waals surface area contributed by atoms with Crippen molar-refractivity contribution in [2.45, 2.75) is 68.4 Å². The van der Waals surface area contributed by atoms with E-state index in [1.807, 2.05) is 59.7 Å². The minimum Gasteiger partial charge on any atom is -0.491 e. The van der Waals surface area contributed by atoms with Gasteiger partial charge < -0.3 is 4.74 Å². The largest absolute Gasteiger partial charge is 0.491 e. The summed E-state index contributed by atoms with van der Waals surface area (Å²) in [5.74, 6) is 1.78. The van der Waals surface area contributed by atoms with Gasteiger partial charge in [-0.1, -0.05) is 78.8 Å².